The number of rotatable bonds is 6. The molecule has 1 aliphatic rings. The third-order valence-electron chi connectivity index (χ3n) is 3.11. The Balaban J connectivity index is 1.87. The summed E-state index contributed by atoms with van der Waals surface area (Å²) in [6.45, 7) is 4.35. The van der Waals surface area contributed by atoms with Gasteiger partial charge < -0.3 is 10.2 Å². The van der Waals surface area contributed by atoms with Crippen LogP contribution in [0.1, 0.15) is 31.7 Å². The first-order chi connectivity index (χ1) is 7.79. The molecule has 0 radical (unpaired) electrons. The van der Waals surface area contributed by atoms with E-state index in [1.807, 2.05) is 0 Å². The first kappa shape index (κ1) is 11.5. The average molecular weight is 218 g/mol. The van der Waals surface area contributed by atoms with Gasteiger partial charge in [-0.25, -0.2) is 0 Å². The van der Waals surface area contributed by atoms with E-state index < -0.39 is 0 Å². The second kappa shape index (κ2) is 5.35. The van der Waals surface area contributed by atoms with Crippen molar-refractivity contribution in [2.45, 2.75) is 38.8 Å². The van der Waals surface area contributed by atoms with E-state index in [-0.39, 0.29) is 0 Å². The maximum Gasteiger partial charge on any atom is 0.0363 e. The zero-order valence-electron chi connectivity index (χ0n) is 10.4. The zero-order valence-corrected chi connectivity index (χ0v) is 10.4. The Kier molecular flexibility index (Phi) is 3.83. The molecule has 1 aromatic carbocycles. The molecular formula is C14H22N2. The summed E-state index contributed by atoms with van der Waals surface area (Å²) >= 11 is 0. The second-order valence-electron chi connectivity index (χ2n) is 4.74. The van der Waals surface area contributed by atoms with E-state index in [9.17, 15) is 0 Å². The lowest BCUT2D eigenvalue weighted by Crippen LogP contribution is -2.18. The third-order valence-corrected chi connectivity index (χ3v) is 3.11. The van der Waals surface area contributed by atoms with Gasteiger partial charge in [0.2, 0.25) is 0 Å². The van der Waals surface area contributed by atoms with Crippen LogP contribution in [0.15, 0.2) is 24.3 Å². The largest absolute Gasteiger partial charge is 0.375 e. The Labute approximate surface area is 98.7 Å². The standard InChI is InChI=1S/C14H22N2/c1-3-10-16(2)14-8-4-12(5-9-14)11-15-13-6-7-13/h4-5,8-9,13,15H,3,6-7,10-11H2,1-2H3. The Bertz CT molecular complexity index is 314. The highest BCUT2D eigenvalue weighted by molar-refractivity contribution is 5.46. The summed E-state index contributed by atoms with van der Waals surface area (Å²) in [7, 11) is 2.15. The molecule has 0 aromatic heterocycles. The molecule has 0 heterocycles. The van der Waals surface area contributed by atoms with E-state index in [4.69, 9.17) is 0 Å². The van der Waals surface area contributed by atoms with Crippen molar-refractivity contribution in [2.24, 2.45) is 0 Å². The molecule has 2 nitrogen and oxygen atoms in total. The maximum atomic E-state index is 3.53. The number of anilines is 1. The van der Waals surface area contributed by atoms with Crippen LogP contribution in [0.5, 0.6) is 0 Å². The average Bonchev–Trinajstić information content (AvgIpc) is 3.11. The fraction of sp³-hybridized carbons (Fsp3) is 0.571. The van der Waals surface area contributed by atoms with Crippen LogP contribution >= 0.6 is 0 Å². The summed E-state index contributed by atoms with van der Waals surface area (Å²) in [6.07, 6.45) is 3.91. The van der Waals surface area contributed by atoms with Crippen molar-refractivity contribution in [1.82, 2.24) is 5.32 Å². The molecule has 0 amide bonds. The van der Waals surface area contributed by atoms with Crippen LogP contribution < -0.4 is 10.2 Å². The minimum absolute atomic E-state index is 0.794. The minimum Gasteiger partial charge on any atom is -0.375 e. The van der Waals surface area contributed by atoms with E-state index in [0.29, 0.717) is 0 Å². The first-order valence-corrected chi connectivity index (χ1v) is 6.33. The molecule has 1 N–H and O–H groups in total. The molecule has 0 saturated heterocycles. The maximum absolute atomic E-state index is 3.53. The molecule has 0 aliphatic heterocycles. The monoisotopic (exact) mass is 218 g/mol. The third kappa shape index (κ3) is 3.24. The van der Waals surface area contributed by atoms with Crippen LogP contribution in [0, 0.1) is 0 Å². The van der Waals surface area contributed by atoms with E-state index >= 15 is 0 Å². The summed E-state index contributed by atoms with van der Waals surface area (Å²) in [5.41, 5.74) is 2.71. The normalized spacial score (nSPS) is 15.1. The number of benzene rings is 1. The molecule has 0 unspecified atom stereocenters. The number of nitrogens with one attached hydrogen (secondary N) is 1. The van der Waals surface area contributed by atoms with Gasteiger partial charge in [-0.05, 0) is 37.0 Å². The van der Waals surface area contributed by atoms with Crippen molar-refractivity contribution in [1.29, 1.82) is 0 Å². The molecule has 1 aromatic rings. The van der Waals surface area contributed by atoms with Crippen LogP contribution in [0.25, 0.3) is 0 Å². The lowest BCUT2D eigenvalue weighted by molar-refractivity contribution is 0.688. The topological polar surface area (TPSA) is 15.3 Å². The Morgan fingerprint density at radius 2 is 1.94 bits per heavy atom. The molecule has 16 heavy (non-hydrogen) atoms. The quantitative estimate of drug-likeness (QED) is 0.790. The molecule has 2 heteroatoms. The van der Waals surface area contributed by atoms with Crippen LogP contribution in [0.2, 0.25) is 0 Å². The number of hydrogen-bond donors (Lipinski definition) is 1. The van der Waals surface area contributed by atoms with Crippen molar-refractivity contribution in [3.8, 4) is 0 Å². The summed E-state index contributed by atoms with van der Waals surface area (Å²) in [5.74, 6) is 0. The molecule has 1 saturated carbocycles. The van der Waals surface area contributed by atoms with E-state index in [0.717, 1.165) is 19.1 Å². The molecule has 1 fully saturated rings. The highest BCUT2D eigenvalue weighted by atomic mass is 15.1. The number of hydrogen-bond acceptors (Lipinski definition) is 2. The van der Waals surface area contributed by atoms with Gasteiger partial charge in [0.05, 0.1) is 0 Å². The molecule has 0 atom stereocenters. The Hall–Kier alpha value is -1.02. The second-order valence-corrected chi connectivity index (χ2v) is 4.74. The lowest BCUT2D eigenvalue weighted by atomic mass is 10.2. The van der Waals surface area contributed by atoms with Gasteiger partial charge in [-0.2, -0.15) is 0 Å². The molecule has 88 valence electrons. The van der Waals surface area contributed by atoms with Crippen LogP contribution in [-0.2, 0) is 6.54 Å². The van der Waals surface area contributed by atoms with Gasteiger partial charge >= 0.3 is 0 Å². The fourth-order valence-electron chi connectivity index (χ4n) is 1.88. The fourth-order valence-corrected chi connectivity index (χ4v) is 1.88. The van der Waals surface area contributed by atoms with Gasteiger partial charge in [0, 0.05) is 31.9 Å². The van der Waals surface area contributed by atoms with Gasteiger partial charge in [0.1, 0.15) is 0 Å². The smallest absolute Gasteiger partial charge is 0.0363 e. The van der Waals surface area contributed by atoms with E-state index in [1.165, 1.54) is 30.5 Å². The van der Waals surface area contributed by atoms with Crippen molar-refractivity contribution < 1.29 is 0 Å². The Morgan fingerprint density at radius 1 is 1.25 bits per heavy atom. The van der Waals surface area contributed by atoms with Crippen LogP contribution in [-0.4, -0.2) is 19.6 Å². The van der Waals surface area contributed by atoms with Crippen LogP contribution in [0.4, 0.5) is 5.69 Å². The molecule has 0 bridgehead atoms. The van der Waals surface area contributed by atoms with E-state index in [1.54, 1.807) is 0 Å². The van der Waals surface area contributed by atoms with Gasteiger partial charge in [-0.15, -0.1) is 0 Å². The van der Waals surface area contributed by atoms with Crippen molar-refractivity contribution >= 4 is 5.69 Å². The first-order valence-electron chi connectivity index (χ1n) is 6.33. The van der Waals surface area contributed by atoms with Crippen LogP contribution in [0.3, 0.4) is 0 Å². The molecular weight excluding hydrogens is 196 g/mol. The van der Waals surface area contributed by atoms with Gasteiger partial charge in [0.25, 0.3) is 0 Å². The van der Waals surface area contributed by atoms with Crippen molar-refractivity contribution in [2.75, 3.05) is 18.5 Å². The van der Waals surface area contributed by atoms with Gasteiger partial charge in [-0.1, -0.05) is 19.1 Å². The zero-order chi connectivity index (χ0) is 11.4. The Morgan fingerprint density at radius 3 is 2.50 bits per heavy atom. The molecule has 1 aliphatic carbocycles. The highest BCUT2D eigenvalue weighted by Crippen LogP contribution is 2.20. The predicted octanol–water partition coefficient (Wildman–Crippen LogP) is 2.78. The van der Waals surface area contributed by atoms with Crippen molar-refractivity contribution in [3.05, 3.63) is 29.8 Å². The highest BCUT2D eigenvalue weighted by Gasteiger charge is 2.19. The SMILES string of the molecule is CCCN(C)c1ccc(CNC2CC2)cc1. The van der Waals surface area contributed by atoms with Gasteiger partial charge in [-0.3, -0.25) is 0 Å². The molecule has 0 spiro atoms. The summed E-state index contributed by atoms with van der Waals surface area (Å²) in [5, 5.41) is 3.53. The summed E-state index contributed by atoms with van der Waals surface area (Å²) < 4.78 is 0. The van der Waals surface area contributed by atoms with Gasteiger partial charge in [0.15, 0.2) is 0 Å². The number of nitrogens with zero attached hydrogens (tertiary/aromatic N) is 1. The minimum atomic E-state index is 0.794. The summed E-state index contributed by atoms with van der Waals surface area (Å²) in [4.78, 5) is 2.30. The summed E-state index contributed by atoms with van der Waals surface area (Å²) in [6, 6.07) is 9.70. The molecule has 2 rings (SSSR count). The van der Waals surface area contributed by atoms with Crippen molar-refractivity contribution in [3.63, 3.8) is 0 Å². The lowest BCUT2D eigenvalue weighted by Gasteiger charge is -2.18. The van der Waals surface area contributed by atoms with E-state index in [2.05, 4.69) is 48.5 Å². The predicted molar refractivity (Wildman–Crippen MR) is 69.9 cm³/mol.